The Bertz CT molecular complexity index is 942. The number of hydrogen-bond donors (Lipinski definition) is 0. The van der Waals surface area contributed by atoms with Gasteiger partial charge in [0.1, 0.15) is 0 Å². The lowest BCUT2D eigenvalue weighted by Gasteiger charge is -2.32. The van der Waals surface area contributed by atoms with Gasteiger partial charge in [-0.05, 0) is 23.3 Å². The van der Waals surface area contributed by atoms with Gasteiger partial charge in [-0.1, -0.05) is 90.6 Å². The maximum Gasteiger partial charge on any atom is 0.257 e. The molecule has 3 nitrogen and oxygen atoms in total. The molecule has 2 atom stereocenters. The van der Waals surface area contributed by atoms with Crippen LogP contribution in [0.2, 0.25) is 0 Å². The van der Waals surface area contributed by atoms with Crippen LogP contribution in [-0.4, -0.2) is 18.1 Å². The molecule has 0 spiro atoms. The summed E-state index contributed by atoms with van der Waals surface area (Å²) in [5.74, 6) is -0.377. The van der Waals surface area contributed by atoms with Crippen molar-refractivity contribution in [1.29, 1.82) is 0 Å². The first-order valence-electron chi connectivity index (χ1n) is 8.92. The lowest BCUT2D eigenvalue weighted by atomic mass is 9.90. The number of amidine groups is 1. The second kappa shape index (κ2) is 7.80. The minimum atomic E-state index is -0.286. The molecule has 0 aromatic heterocycles. The average molecular weight is 372 g/mol. The predicted octanol–water partition coefficient (Wildman–Crippen LogP) is 5.28. The number of para-hydroxylation sites is 1. The molecule has 0 radical (unpaired) electrons. The van der Waals surface area contributed by atoms with Gasteiger partial charge in [0.15, 0.2) is 5.17 Å². The molecule has 0 saturated heterocycles. The third-order valence-electron chi connectivity index (χ3n) is 4.72. The first-order chi connectivity index (χ1) is 13.2. The molecule has 0 bridgehead atoms. The summed E-state index contributed by atoms with van der Waals surface area (Å²) in [5.41, 5.74) is 3.16. The molecule has 3 aromatic rings. The molecule has 1 heterocycles. The van der Waals surface area contributed by atoms with Crippen molar-refractivity contribution in [3.8, 4) is 0 Å². The zero-order chi connectivity index (χ0) is 18.6. The Kier molecular flexibility index (Phi) is 5.07. The van der Waals surface area contributed by atoms with Crippen molar-refractivity contribution in [3.05, 3.63) is 102 Å². The minimum absolute atomic E-state index is 0.0141. The van der Waals surface area contributed by atoms with E-state index < -0.39 is 0 Å². The molecule has 1 amide bonds. The molecule has 0 N–H and O–H groups in total. The van der Waals surface area contributed by atoms with Crippen molar-refractivity contribution >= 4 is 28.5 Å². The Morgan fingerprint density at radius 1 is 0.778 bits per heavy atom. The average Bonchev–Trinajstić information content (AvgIpc) is 2.74. The Morgan fingerprint density at radius 2 is 1.30 bits per heavy atom. The normalized spacial score (nSPS) is 19.4. The van der Waals surface area contributed by atoms with Gasteiger partial charge in [-0.3, -0.25) is 4.79 Å². The molecular formula is C23H20N2OS. The third-order valence-corrected chi connectivity index (χ3v) is 6.10. The number of aliphatic imine (C=N–C) groups is 1. The summed E-state index contributed by atoms with van der Waals surface area (Å²) in [6, 6.07) is 30.2. The van der Waals surface area contributed by atoms with E-state index in [-0.39, 0.29) is 17.1 Å². The highest BCUT2D eigenvalue weighted by molar-refractivity contribution is 8.14. The summed E-state index contributed by atoms with van der Waals surface area (Å²) in [6.07, 6.45) is 0. The number of benzene rings is 3. The van der Waals surface area contributed by atoms with Crippen molar-refractivity contribution in [2.75, 3.05) is 11.9 Å². The first kappa shape index (κ1) is 17.6. The van der Waals surface area contributed by atoms with Crippen LogP contribution in [0.3, 0.4) is 0 Å². The predicted molar refractivity (Wildman–Crippen MR) is 113 cm³/mol. The molecule has 0 fully saturated rings. The van der Waals surface area contributed by atoms with Gasteiger partial charge in [0, 0.05) is 12.7 Å². The first-order valence-corrected chi connectivity index (χ1v) is 9.80. The smallest absolute Gasteiger partial charge is 0.257 e. The number of amides is 1. The zero-order valence-electron chi connectivity index (χ0n) is 15.0. The van der Waals surface area contributed by atoms with Crippen molar-refractivity contribution in [2.24, 2.45) is 4.99 Å². The molecule has 4 rings (SSSR count). The van der Waals surface area contributed by atoms with Gasteiger partial charge in [0.25, 0.3) is 5.91 Å². The number of thioether (sulfide) groups is 1. The van der Waals surface area contributed by atoms with Gasteiger partial charge in [0.05, 0.1) is 11.2 Å². The molecule has 0 saturated carbocycles. The number of anilines is 1. The molecule has 1 aliphatic rings. The molecule has 4 heteroatoms. The largest absolute Gasteiger partial charge is 0.324 e. The van der Waals surface area contributed by atoms with E-state index in [1.54, 1.807) is 11.8 Å². The fourth-order valence-electron chi connectivity index (χ4n) is 3.30. The number of rotatable bonds is 3. The molecule has 134 valence electrons. The van der Waals surface area contributed by atoms with Crippen LogP contribution in [0.25, 0.3) is 0 Å². The van der Waals surface area contributed by atoms with Crippen molar-refractivity contribution in [3.63, 3.8) is 0 Å². The number of carbonyl (C=O) groups excluding carboxylic acids is 1. The van der Waals surface area contributed by atoms with Gasteiger partial charge in [-0.25, -0.2) is 0 Å². The summed E-state index contributed by atoms with van der Waals surface area (Å²) >= 11 is 1.65. The second-order valence-electron chi connectivity index (χ2n) is 6.46. The molecule has 0 aliphatic carbocycles. The highest BCUT2D eigenvalue weighted by Crippen LogP contribution is 2.46. The summed E-state index contributed by atoms with van der Waals surface area (Å²) in [5, 5.41) is 0.715. The maximum atomic E-state index is 13.1. The monoisotopic (exact) mass is 372 g/mol. The van der Waals surface area contributed by atoms with E-state index >= 15 is 0 Å². The van der Waals surface area contributed by atoms with Gasteiger partial charge in [-0.2, -0.15) is 4.99 Å². The van der Waals surface area contributed by atoms with Crippen LogP contribution in [0.4, 0.5) is 5.69 Å². The van der Waals surface area contributed by atoms with Gasteiger partial charge < -0.3 is 4.90 Å². The fraction of sp³-hybridized carbons (Fsp3) is 0.130. The second-order valence-corrected chi connectivity index (χ2v) is 7.57. The SMILES string of the molecule is CN(C1=NC(=O)C(c2ccccc2)C(c2ccccc2)S1)c1ccccc1. The highest BCUT2D eigenvalue weighted by Gasteiger charge is 2.37. The quantitative estimate of drug-likeness (QED) is 0.627. The zero-order valence-corrected chi connectivity index (χ0v) is 15.8. The van der Waals surface area contributed by atoms with E-state index in [2.05, 4.69) is 17.1 Å². The maximum absolute atomic E-state index is 13.1. The summed E-state index contributed by atoms with van der Waals surface area (Å²) in [7, 11) is 1.96. The number of hydrogen-bond acceptors (Lipinski definition) is 3. The van der Waals surface area contributed by atoms with E-state index in [9.17, 15) is 4.79 Å². The summed E-state index contributed by atoms with van der Waals surface area (Å²) in [6.45, 7) is 0. The Labute approximate surface area is 163 Å². The van der Waals surface area contributed by atoms with Crippen LogP contribution in [0, 0.1) is 0 Å². The standard InChI is InChI=1S/C23H20N2OS/c1-25(19-15-9-4-10-16-19)23-24-22(26)20(17-11-5-2-6-12-17)21(27-23)18-13-7-3-8-14-18/h2-16,20-21H,1H3. The van der Waals surface area contributed by atoms with Gasteiger partial charge >= 0.3 is 0 Å². The van der Waals surface area contributed by atoms with E-state index in [1.807, 2.05) is 90.8 Å². The summed E-state index contributed by atoms with van der Waals surface area (Å²) in [4.78, 5) is 19.5. The van der Waals surface area contributed by atoms with Crippen LogP contribution in [0.1, 0.15) is 22.3 Å². The highest BCUT2D eigenvalue weighted by atomic mass is 32.2. The molecule has 2 unspecified atom stereocenters. The number of nitrogens with zero attached hydrogens (tertiary/aromatic N) is 2. The van der Waals surface area contributed by atoms with Crippen LogP contribution in [-0.2, 0) is 4.79 Å². The van der Waals surface area contributed by atoms with E-state index in [0.29, 0.717) is 0 Å². The van der Waals surface area contributed by atoms with Crippen LogP contribution in [0.5, 0.6) is 0 Å². The lowest BCUT2D eigenvalue weighted by molar-refractivity contribution is -0.119. The van der Waals surface area contributed by atoms with Gasteiger partial charge in [-0.15, -0.1) is 0 Å². The Balaban J connectivity index is 1.75. The topological polar surface area (TPSA) is 32.7 Å². The lowest BCUT2D eigenvalue weighted by Crippen LogP contribution is -2.32. The summed E-state index contributed by atoms with van der Waals surface area (Å²) < 4.78 is 0. The van der Waals surface area contributed by atoms with E-state index in [1.165, 1.54) is 0 Å². The third kappa shape index (κ3) is 3.67. The van der Waals surface area contributed by atoms with Crippen LogP contribution >= 0.6 is 11.8 Å². The Hall–Kier alpha value is -2.85. The van der Waals surface area contributed by atoms with E-state index in [0.717, 1.165) is 22.0 Å². The molecule has 3 aromatic carbocycles. The minimum Gasteiger partial charge on any atom is -0.324 e. The van der Waals surface area contributed by atoms with Crippen molar-refractivity contribution < 1.29 is 4.79 Å². The molecule has 27 heavy (non-hydrogen) atoms. The molecular weight excluding hydrogens is 352 g/mol. The fourth-order valence-corrected chi connectivity index (χ4v) is 4.63. The molecule has 1 aliphatic heterocycles. The van der Waals surface area contributed by atoms with Crippen LogP contribution in [0.15, 0.2) is 96.0 Å². The van der Waals surface area contributed by atoms with Crippen molar-refractivity contribution in [1.82, 2.24) is 0 Å². The van der Waals surface area contributed by atoms with E-state index in [4.69, 9.17) is 0 Å². The number of carbonyl (C=O) groups is 1. The van der Waals surface area contributed by atoms with Gasteiger partial charge in [0.2, 0.25) is 0 Å². The Morgan fingerprint density at radius 3 is 1.89 bits per heavy atom. The van der Waals surface area contributed by atoms with Crippen molar-refractivity contribution in [2.45, 2.75) is 11.2 Å². The van der Waals surface area contributed by atoms with Crippen LogP contribution < -0.4 is 4.90 Å².